The highest BCUT2D eigenvalue weighted by Gasteiger charge is 2.45. The summed E-state index contributed by atoms with van der Waals surface area (Å²) in [6.45, 7) is 0. The minimum absolute atomic E-state index is 0.235. The molecule has 1 aliphatic heterocycles. The molecule has 8 nitrogen and oxygen atoms in total. The lowest BCUT2D eigenvalue weighted by Gasteiger charge is -2.20. The Morgan fingerprint density at radius 3 is 2.23 bits per heavy atom. The average Bonchev–Trinajstić information content (AvgIpc) is 3.19. The molecule has 0 saturated carbocycles. The summed E-state index contributed by atoms with van der Waals surface area (Å²) in [6, 6.07) is 10.3. The molecule has 2 aromatic carbocycles. The van der Waals surface area contributed by atoms with Crippen LogP contribution in [0.25, 0.3) is 11.0 Å². The van der Waals surface area contributed by atoms with E-state index in [9.17, 15) is 9.59 Å². The Labute approximate surface area is 171 Å². The molecule has 0 saturated heterocycles. The number of fused-ring (bicyclic) bond motifs is 3. The van der Waals surface area contributed by atoms with Crippen molar-refractivity contribution in [3.05, 3.63) is 57.9 Å². The van der Waals surface area contributed by atoms with Gasteiger partial charge in [0.05, 0.1) is 45.3 Å². The molecule has 4 rings (SSSR count). The molecule has 8 heteroatoms. The van der Waals surface area contributed by atoms with Crippen LogP contribution in [0.2, 0.25) is 0 Å². The molecule has 0 aliphatic carbocycles. The van der Waals surface area contributed by atoms with Crippen molar-refractivity contribution >= 4 is 16.9 Å². The van der Waals surface area contributed by atoms with Crippen LogP contribution in [-0.4, -0.2) is 40.5 Å². The van der Waals surface area contributed by atoms with Gasteiger partial charge in [0.15, 0.2) is 11.5 Å². The van der Waals surface area contributed by atoms with Gasteiger partial charge in [-0.1, -0.05) is 12.1 Å². The SMILES string of the molecule is COC(=O)[C@@H]1Oc2c(c(=O)oc3ccccc23)[C@@H]1c1cc(OC)c(OC)c(OC)c1. The van der Waals surface area contributed by atoms with Crippen molar-refractivity contribution in [2.45, 2.75) is 12.0 Å². The van der Waals surface area contributed by atoms with E-state index in [1.54, 1.807) is 36.4 Å². The van der Waals surface area contributed by atoms with Gasteiger partial charge in [-0.15, -0.1) is 0 Å². The minimum Gasteiger partial charge on any atom is -0.493 e. The number of methoxy groups -OCH3 is 4. The van der Waals surface area contributed by atoms with E-state index in [0.29, 0.717) is 39.5 Å². The van der Waals surface area contributed by atoms with Crippen LogP contribution in [-0.2, 0) is 9.53 Å². The van der Waals surface area contributed by atoms with E-state index in [0.717, 1.165) is 0 Å². The molecule has 1 aliphatic rings. The number of carbonyl (C=O) groups is 1. The van der Waals surface area contributed by atoms with Crippen LogP contribution in [0.3, 0.4) is 0 Å². The first-order valence-electron chi connectivity index (χ1n) is 9.14. The van der Waals surface area contributed by atoms with Crippen molar-refractivity contribution in [3.8, 4) is 23.0 Å². The minimum atomic E-state index is -1.08. The molecule has 0 bridgehead atoms. The summed E-state index contributed by atoms with van der Waals surface area (Å²) in [7, 11) is 5.73. The van der Waals surface area contributed by atoms with E-state index in [-0.39, 0.29) is 5.56 Å². The third-order valence-electron chi connectivity index (χ3n) is 5.14. The second kappa shape index (κ2) is 7.62. The van der Waals surface area contributed by atoms with Crippen LogP contribution in [0, 0.1) is 0 Å². The maximum Gasteiger partial charge on any atom is 0.348 e. The Hall–Kier alpha value is -3.68. The lowest BCUT2D eigenvalue weighted by Crippen LogP contribution is -2.31. The first-order chi connectivity index (χ1) is 14.5. The molecule has 3 aromatic rings. The molecule has 1 aromatic heterocycles. The molecular weight excluding hydrogens is 392 g/mol. The van der Waals surface area contributed by atoms with Gasteiger partial charge in [0, 0.05) is 0 Å². The van der Waals surface area contributed by atoms with Crippen molar-refractivity contribution in [2.24, 2.45) is 0 Å². The first kappa shape index (κ1) is 19.6. The standard InChI is InChI=1S/C22H20O8/c1-25-14-9-11(10-15(26-2)19(14)27-3)16-17-18(30-20(16)22(24)28-4)12-7-5-6-8-13(12)29-21(17)23/h5-10,16,20H,1-4H3/t16-,20+/m0/s1. The van der Waals surface area contributed by atoms with Crippen LogP contribution < -0.4 is 24.6 Å². The van der Waals surface area contributed by atoms with Gasteiger partial charge in [0.25, 0.3) is 0 Å². The highest BCUT2D eigenvalue weighted by atomic mass is 16.6. The third kappa shape index (κ3) is 2.92. The van der Waals surface area contributed by atoms with Crippen LogP contribution in [0.5, 0.6) is 23.0 Å². The largest absolute Gasteiger partial charge is 0.493 e. The predicted molar refractivity (Wildman–Crippen MR) is 107 cm³/mol. The molecule has 2 atom stereocenters. The van der Waals surface area contributed by atoms with Crippen molar-refractivity contribution in [1.29, 1.82) is 0 Å². The van der Waals surface area contributed by atoms with Crippen LogP contribution in [0.1, 0.15) is 17.0 Å². The van der Waals surface area contributed by atoms with E-state index in [4.69, 9.17) is 28.1 Å². The molecule has 30 heavy (non-hydrogen) atoms. The van der Waals surface area contributed by atoms with Crippen molar-refractivity contribution < 1.29 is 32.9 Å². The molecule has 2 heterocycles. The van der Waals surface area contributed by atoms with Gasteiger partial charge in [-0.05, 0) is 29.8 Å². The number of carbonyl (C=O) groups excluding carboxylic acids is 1. The number of benzene rings is 2. The second-order valence-corrected chi connectivity index (χ2v) is 6.63. The second-order valence-electron chi connectivity index (χ2n) is 6.63. The first-order valence-corrected chi connectivity index (χ1v) is 9.14. The molecular formula is C22H20O8. The number of hydrogen-bond acceptors (Lipinski definition) is 8. The molecule has 0 N–H and O–H groups in total. The smallest absolute Gasteiger partial charge is 0.348 e. The van der Waals surface area contributed by atoms with E-state index in [1.807, 2.05) is 0 Å². The number of rotatable bonds is 5. The topological polar surface area (TPSA) is 93.4 Å². The fraction of sp³-hybridized carbons (Fsp3) is 0.273. The highest BCUT2D eigenvalue weighted by molar-refractivity contribution is 5.88. The lowest BCUT2D eigenvalue weighted by atomic mass is 9.88. The zero-order valence-corrected chi connectivity index (χ0v) is 16.9. The fourth-order valence-corrected chi connectivity index (χ4v) is 3.80. The Morgan fingerprint density at radius 2 is 1.63 bits per heavy atom. The normalized spacial score (nSPS) is 17.2. The molecule has 0 radical (unpaired) electrons. The summed E-state index contributed by atoms with van der Waals surface area (Å²) in [6.07, 6.45) is -1.08. The Kier molecular flexibility index (Phi) is 4.99. The van der Waals surface area contributed by atoms with Gasteiger partial charge in [0.1, 0.15) is 11.3 Å². The van der Waals surface area contributed by atoms with E-state index < -0.39 is 23.6 Å². The van der Waals surface area contributed by atoms with Gasteiger partial charge < -0.3 is 28.1 Å². The van der Waals surface area contributed by atoms with Gasteiger partial charge in [-0.3, -0.25) is 0 Å². The summed E-state index contributed by atoms with van der Waals surface area (Å²) in [5, 5.41) is 0.593. The summed E-state index contributed by atoms with van der Waals surface area (Å²) in [5.41, 5.74) is 0.573. The van der Waals surface area contributed by atoms with Gasteiger partial charge in [-0.25, -0.2) is 9.59 Å². The summed E-state index contributed by atoms with van der Waals surface area (Å²) in [5.74, 6) is 0.0534. The Bertz CT molecular complexity index is 1150. The Balaban J connectivity index is 2.00. The van der Waals surface area contributed by atoms with E-state index in [1.165, 1.54) is 28.4 Å². The fourth-order valence-electron chi connectivity index (χ4n) is 3.80. The maximum absolute atomic E-state index is 12.9. The Morgan fingerprint density at radius 1 is 0.967 bits per heavy atom. The van der Waals surface area contributed by atoms with Gasteiger partial charge in [-0.2, -0.15) is 0 Å². The lowest BCUT2D eigenvalue weighted by molar-refractivity contribution is -0.148. The van der Waals surface area contributed by atoms with E-state index in [2.05, 4.69) is 0 Å². The molecule has 0 amide bonds. The molecule has 0 spiro atoms. The molecule has 156 valence electrons. The summed E-state index contributed by atoms with van der Waals surface area (Å²) >= 11 is 0. The number of para-hydroxylation sites is 1. The zero-order chi connectivity index (χ0) is 21.4. The molecule has 0 unspecified atom stereocenters. The third-order valence-corrected chi connectivity index (χ3v) is 5.14. The summed E-state index contributed by atoms with van der Waals surface area (Å²) < 4.78 is 32.6. The number of hydrogen-bond donors (Lipinski definition) is 0. The zero-order valence-electron chi connectivity index (χ0n) is 16.9. The van der Waals surface area contributed by atoms with Gasteiger partial charge >= 0.3 is 11.6 Å². The molecule has 0 fully saturated rings. The average molecular weight is 412 g/mol. The van der Waals surface area contributed by atoms with Crippen molar-refractivity contribution in [3.63, 3.8) is 0 Å². The van der Waals surface area contributed by atoms with Crippen molar-refractivity contribution in [1.82, 2.24) is 0 Å². The van der Waals surface area contributed by atoms with Crippen LogP contribution in [0.4, 0.5) is 0 Å². The highest BCUT2D eigenvalue weighted by Crippen LogP contribution is 2.48. The summed E-state index contributed by atoms with van der Waals surface area (Å²) in [4.78, 5) is 25.5. The maximum atomic E-state index is 12.9. The van der Waals surface area contributed by atoms with E-state index >= 15 is 0 Å². The quantitative estimate of drug-likeness (QED) is 0.467. The van der Waals surface area contributed by atoms with Gasteiger partial charge in [0.2, 0.25) is 11.9 Å². The monoisotopic (exact) mass is 412 g/mol. The van der Waals surface area contributed by atoms with Crippen LogP contribution >= 0.6 is 0 Å². The number of esters is 1. The predicted octanol–water partition coefficient (Wildman–Crippen LogP) is 2.88. The van der Waals surface area contributed by atoms with Crippen molar-refractivity contribution in [2.75, 3.05) is 28.4 Å². The van der Waals surface area contributed by atoms with Crippen LogP contribution in [0.15, 0.2) is 45.6 Å². The number of ether oxygens (including phenoxy) is 5.